The van der Waals surface area contributed by atoms with Crippen molar-refractivity contribution >= 4 is 23.7 Å². The summed E-state index contributed by atoms with van der Waals surface area (Å²) in [6.45, 7) is -0.516. The smallest absolute Gasteiger partial charge is 0.408 e. The molecular formula is C30H23F4N3O7. The second-order valence-electron chi connectivity index (χ2n) is 9.23. The Kier molecular flexibility index (Phi) is 9.63. The van der Waals surface area contributed by atoms with E-state index >= 15 is 8.78 Å². The highest BCUT2D eigenvalue weighted by molar-refractivity contribution is 6.11. The van der Waals surface area contributed by atoms with Gasteiger partial charge in [-0.05, 0) is 23.8 Å². The molecule has 14 heteroatoms. The number of ketones is 1. The standard InChI is InChI=1S/C30H23F4N3O7/c31-17-6-7-19(21(32)12-17)27(39)20-8-9-25(38)37(28(20)35)26-22(33)13-18(14-23(26)34)43-11-10-24(29(40)41)36-30(42)44-15-16-4-2-1-3-5-16/h1-9,12-14,24H,10-11,15,35H2,(H,36,42)(H,40,41)/t24-/m0/s1. The maximum absolute atomic E-state index is 15.1. The van der Waals surface area contributed by atoms with E-state index in [2.05, 4.69) is 5.32 Å². The van der Waals surface area contributed by atoms with Gasteiger partial charge in [0, 0.05) is 30.7 Å². The van der Waals surface area contributed by atoms with Crippen molar-refractivity contribution in [3.05, 3.63) is 123 Å². The summed E-state index contributed by atoms with van der Waals surface area (Å²) < 4.78 is 68.4. The number of anilines is 1. The van der Waals surface area contributed by atoms with Crippen LogP contribution < -0.4 is 21.3 Å². The zero-order valence-electron chi connectivity index (χ0n) is 22.6. The van der Waals surface area contributed by atoms with Crippen LogP contribution >= 0.6 is 0 Å². The van der Waals surface area contributed by atoms with Gasteiger partial charge in [0.25, 0.3) is 5.56 Å². The molecule has 44 heavy (non-hydrogen) atoms. The SMILES string of the molecule is Nc1c(C(=O)c2ccc(F)cc2F)ccc(=O)n1-c1c(F)cc(OCC[C@H](NC(=O)OCc2ccccc2)C(=O)O)cc1F. The third kappa shape index (κ3) is 7.21. The van der Waals surface area contributed by atoms with Gasteiger partial charge in [0.1, 0.15) is 41.5 Å². The Morgan fingerprint density at radius 2 is 1.55 bits per heavy atom. The summed E-state index contributed by atoms with van der Waals surface area (Å²) in [6, 6.07) is 12.4. The molecule has 0 radical (unpaired) electrons. The lowest BCUT2D eigenvalue weighted by molar-refractivity contribution is -0.139. The second-order valence-corrected chi connectivity index (χ2v) is 9.23. The minimum absolute atomic E-state index is 0.103. The fraction of sp³-hybridized carbons (Fsp3) is 0.133. The molecule has 4 aromatic rings. The molecule has 10 nitrogen and oxygen atoms in total. The van der Waals surface area contributed by atoms with E-state index in [-0.39, 0.29) is 13.0 Å². The molecule has 0 aliphatic heterocycles. The molecule has 0 unspecified atom stereocenters. The maximum atomic E-state index is 15.1. The lowest BCUT2D eigenvalue weighted by Gasteiger charge is -2.17. The molecule has 0 spiro atoms. The molecule has 0 saturated heterocycles. The van der Waals surface area contributed by atoms with E-state index in [9.17, 15) is 33.1 Å². The van der Waals surface area contributed by atoms with Gasteiger partial charge in [-0.1, -0.05) is 30.3 Å². The number of carbonyl (C=O) groups excluding carboxylic acids is 2. The summed E-state index contributed by atoms with van der Waals surface area (Å²) in [5.74, 6) is -8.44. The van der Waals surface area contributed by atoms with Gasteiger partial charge in [-0.25, -0.2) is 27.2 Å². The van der Waals surface area contributed by atoms with Crippen LogP contribution in [0.15, 0.2) is 77.6 Å². The van der Waals surface area contributed by atoms with Crippen molar-refractivity contribution < 1.29 is 46.5 Å². The number of nitrogens with one attached hydrogen (secondary N) is 1. The largest absolute Gasteiger partial charge is 0.493 e. The number of benzene rings is 3. The van der Waals surface area contributed by atoms with Crippen LogP contribution in [0.3, 0.4) is 0 Å². The Morgan fingerprint density at radius 3 is 2.18 bits per heavy atom. The van der Waals surface area contributed by atoms with Crippen molar-refractivity contribution in [2.45, 2.75) is 19.1 Å². The first-order valence-electron chi connectivity index (χ1n) is 12.8. The number of carboxylic acids is 1. The predicted octanol–water partition coefficient (Wildman–Crippen LogP) is 4.36. The highest BCUT2D eigenvalue weighted by Crippen LogP contribution is 2.27. The molecule has 4 rings (SSSR count). The van der Waals surface area contributed by atoms with Gasteiger partial charge in [-0.3, -0.25) is 14.2 Å². The lowest BCUT2D eigenvalue weighted by atomic mass is 10.0. The molecular weight excluding hydrogens is 590 g/mol. The Balaban J connectivity index is 1.47. The van der Waals surface area contributed by atoms with E-state index < -0.39 is 87.7 Å². The highest BCUT2D eigenvalue weighted by Gasteiger charge is 2.24. The zero-order chi connectivity index (χ0) is 32.0. The van der Waals surface area contributed by atoms with Gasteiger partial charge >= 0.3 is 12.1 Å². The summed E-state index contributed by atoms with van der Waals surface area (Å²) in [7, 11) is 0. The number of carboxylic acid groups (broad SMARTS) is 1. The van der Waals surface area contributed by atoms with E-state index in [1.807, 2.05) is 0 Å². The topological polar surface area (TPSA) is 150 Å². The Hall–Kier alpha value is -5.66. The third-order valence-electron chi connectivity index (χ3n) is 6.24. The van der Waals surface area contributed by atoms with Gasteiger partial charge in [0.2, 0.25) is 0 Å². The van der Waals surface area contributed by atoms with Crippen molar-refractivity contribution in [3.8, 4) is 11.4 Å². The average Bonchev–Trinajstić information content (AvgIpc) is 2.97. The van der Waals surface area contributed by atoms with E-state index in [1.165, 1.54) is 0 Å². The Morgan fingerprint density at radius 1 is 0.886 bits per heavy atom. The second kappa shape index (κ2) is 13.5. The number of aliphatic carboxylic acids is 1. The monoisotopic (exact) mass is 613 g/mol. The number of ether oxygens (including phenoxy) is 2. The van der Waals surface area contributed by atoms with Crippen molar-refractivity contribution in [3.63, 3.8) is 0 Å². The molecule has 4 N–H and O–H groups in total. The molecule has 0 aliphatic carbocycles. The number of rotatable bonds is 11. The lowest BCUT2D eigenvalue weighted by Crippen LogP contribution is -2.42. The molecule has 1 aromatic heterocycles. The van der Waals surface area contributed by atoms with Crippen molar-refractivity contribution in [2.75, 3.05) is 12.3 Å². The van der Waals surface area contributed by atoms with Crippen LogP contribution in [-0.2, 0) is 16.1 Å². The Bertz CT molecular complexity index is 1760. The molecule has 1 atom stereocenters. The fourth-order valence-electron chi connectivity index (χ4n) is 4.09. The van der Waals surface area contributed by atoms with Crippen LogP contribution in [0.5, 0.6) is 5.75 Å². The summed E-state index contributed by atoms with van der Waals surface area (Å²) in [5, 5.41) is 11.6. The van der Waals surface area contributed by atoms with E-state index in [1.54, 1.807) is 30.3 Å². The quantitative estimate of drug-likeness (QED) is 0.167. The van der Waals surface area contributed by atoms with Crippen LogP contribution in [0.4, 0.5) is 28.2 Å². The van der Waals surface area contributed by atoms with Crippen LogP contribution in [0.2, 0.25) is 0 Å². The zero-order valence-corrected chi connectivity index (χ0v) is 22.6. The normalized spacial score (nSPS) is 11.5. The Labute approximate surface area is 246 Å². The number of halogens is 4. The number of carbonyl (C=O) groups is 3. The first kappa shape index (κ1) is 31.3. The molecule has 0 saturated carbocycles. The predicted molar refractivity (Wildman–Crippen MR) is 147 cm³/mol. The van der Waals surface area contributed by atoms with Crippen molar-refractivity contribution in [1.29, 1.82) is 0 Å². The fourth-order valence-corrected chi connectivity index (χ4v) is 4.09. The summed E-state index contributed by atoms with van der Waals surface area (Å²) in [4.78, 5) is 49.0. The maximum Gasteiger partial charge on any atom is 0.408 e. The summed E-state index contributed by atoms with van der Waals surface area (Å²) in [6.07, 6.45) is -1.33. The van der Waals surface area contributed by atoms with Gasteiger partial charge < -0.3 is 25.6 Å². The molecule has 0 bridgehead atoms. The molecule has 0 fully saturated rings. The highest BCUT2D eigenvalue weighted by atomic mass is 19.1. The van der Waals surface area contributed by atoms with E-state index in [0.29, 0.717) is 28.3 Å². The van der Waals surface area contributed by atoms with Gasteiger partial charge in [0.15, 0.2) is 17.4 Å². The number of hydrogen-bond donors (Lipinski definition) is 3. The van der Waals surface area contributed by atoms with Crippen molar-refractivity contribution in [1.82, 2.24) is 9.88 Å². The number of nitrogens with zero attached hydrogens (tertiary/aromatic N) is 1. The van der Waals surface area contributed by atoms with E-state index in [4.69, 9.17) is 15.2 Å². The van der Waals surface area contributed by atoms with Gasteiger partial charge in [-0.2, -0.15) is 0 Å². The first-order chi connectivity index (χ1) is 21.0. The van der Waals surface area contributed by atoms with Crippen LogP contribution in [0, 0.1) is 23.3 Å². The van der Waals surface area contributed by atoms with Crippen LogP contribution in [-0.4, -0.2) is 40.2 Å². The van der Waals surface area contributed by atoms with Crippen LogP contribution in [0.1, 0.15) is 27.9 Å². The number of alkyl carbamates (subject to hydrolysis) is 1. The first-order valence-corrected chi connectivity index (χ1v) is 12.8. The number of nitrogen functional groups attached to an aromatic ring is 1. The number of nitrogens with two attached hydrogens (primary N) is 1. The summed E-state index contributed by atoms with van der Waals surface area (Å²) >= 11 is 0. The molecule has 228 valence electrons. The van der Waals surface area contributed by atoms with Gasteiger partial charge in [-0.15, -0.1) is 0 Å². The molecule has 1 heterocycles. The summed E-state index contributed by atoms with van der Waals surface area (Å²) in [5.41, 5.74) is 3.53. The molecule has 1 amide bonds. The number of aromatic nitrogens is 1. The minimum Gasteiger partial charge on any atom is -0.493 e. The molecule has 3 aromatic carbocycles. The van der Waals surface area contributed by atoms with E-state index in [0.717, 1.165) is 24.3 Å². The van der Waals surface area contributed by atoms with Crippen molar-refractivity contribution in [2.24, 2.45) is 0 Å². The third-order valence-corrected chi connectivity index (χ3v) is 6.24. The van der Waals surface area contributed by atoms with Gasteiger partial charge in [0.05, 0.1) is 17.7 Å². The van der Waals surface area contributed by atoms with Crippen LogP contribution in [0.25, 0.3) is 5.69 Å². The number of amides is 1. The minimum atomic E-state index is -1.46. The number of hydrogen-bond acceptors (Lipinski definition) is 7. The molecule has 0 aliphatic rings. The average molecular weight is 614 g/mol. The number of pyridine rings is 1.